The summed E-state index contributed by atoms with van der Waals surface area (Å²) >= 11 is 1.49. The third-order valence-electron chi connectivity index (χ3n) is 1.81. The van der Waals surface area contributed by atoms with Crippen LogP contribution in [0.2, 0.25) is 0 Å². The van der Waals surface area contributed by atoms with Crippen LogP contribution < -0.4 is 10.1 Å². The van der Waals surface area contributed by atoms with E-state index in [2.05, 4.69) is 0 Å². The summed E-state index contributed by atoms with van der Waals surface area (Å²) in [5.41, 5.74) is 6.45. The molecule has 0 spiro atoms. The standard InChI is InChI=1S/C9H12AsNO2/c10-7-4-2-1-3-6(7)5-8(11)9(12)13/h1-4,8H,5,10-11H2,(H,12,13). The number of carboxylic acid groups (broad SMARTS) is 1. The van der Waals surface area contributed by atoms with Crippen molar-refractivity contribution in [3.8, 4) is 0 Å². The van der Waals surface area contributed by atoms with Gasteiger partial charge in [-0.05, 0) is 0 Å². The second-order valence-electron chi connectivity index (χ2n) is 2.85. The van der Waals surface area contributed by atoms with Crippen LogP contribution in [0.25, 0.3) is 0 Å². The molecule has 2 unspecified atom stereocenters. The van der Waals surface area contributed by atoms with Gasteiger partial charge in [-0.15, -0.1) is 0 Å². The van der Waals surface area contributed by atoms with Gasteiger partial charge in [0.15, 0.2) is 0 Å². The minimum absolute atomic E-state index is 0.407. The first-order valence-corrected chi connectivity index (χ1v) is 5.14. The fourth-order valence-corrected chi connectivity index (χ4v) is 1.73. The molecule has 0 radical (unpaired) electrons. The molecule has 0 saturated heterocycles. The molecular weight excluding hydrogens is 229 g/mol. The second-order valence-corrected chi connectivity index (χ2v) is 4.15. The Morgan fingerprint density at radius 2 is 2.15 bits per heavy atom. The van der Waals surface area contributed by atoms with Crippen LogP contribution in [0.3, 0.4) is 0 Å². The molecule has 0 saturated carbocycles. The Labute approximate surface area is 85.4 Å². The van der Waals surface area contributed by atoms with Gasteiger partial charge in [0, 0.05) is 0 Å². The zero-order valence-corrected chi connectivity index (χ0v) is 9.53. The van der Waals surface area contributed by atoms with E-state index in [0.29, 0.717) is 6.42 Å². The molecule has 3 N–H and O–H groups in total. The molecule has 1 aromatic rings. The number of aliphatic carboxylic acids is 1. The average Bonchev–Trinajstić information content (AvgIpc) is 2.08. The molecule has 13 heavy (non-hydrogen) atoms. The topological polar surface area (TPSA) is 63.3 Å². The Morgan fingerprint density at radius 1 is 1.54 bits per heavy atom. The summed E-state index contributed by atoms with van der Waals surface area (Å²) < 4.78 is 1.15. The van der Waals surface area contributed by atoms with Crippen LogP contribution in [0.1, 0.15) is 5.56 Å². The summed E-state index contributed by atoms with van der Waals surface area (Å²) in [6, 6.07) is 6.93. The molecule has 4 heteroatoms. The first-order valence-electron chi connectivity index (χ1n) is 3.93. The Kier molecular flexibility index (Phi) is 3.52. The summed E-state index contributed by atoms with van der Waals surface area (Å²) in [7, 11) is 0. The molecule has 70 valence electrons. The number of benzene rings is 1. The number of carbonyl (C=O) groups is 1. The van der Waals surface area contributed by atoms with E-state index in [1.165, 1.54) is 16.9 Å². The molecular formula is C9H12AsNO2. The number of nitrogens with two attached hydrogens (primary N) is 1. The zero-order valence-electron chi connectivity index (χ0n) is 7.10. The summed E-state index contributed by atoms with van der Waals surface area (Å²) in [5.74, 6) is -0.948. The molecule has 0 aliphatic rings. The van der Waals surface area contributed by atoms with Crippen molar-refractivity contribution in [2.24, 2.45) is 5.73 Å². The molecule has 0 fully saturated rings. The van der Waals surface area contributed by atoms with Gasteiger partial charge in [0.05, 0.1) is 0 Å². The van der Waals surface area contributed by atoms with E-state index in [9.17, 15) is 4.79 Å². The van der Waals surface area contributed by atoms with Gasteiger partial charge in [-0.25, -0.2) is 0 Å². The van der Waals surface area contributed by atoms with Crippen molar-refractivity contribution in [3.63, 3.8) is 0 Å². The van der Waals surface area contributed by atoms with Crippen LogP contribution in [0.15, 0.2) is 24.3 Å². The quantitative estimate of drug-likeness (QED) is 0.660. The van der Waals surface area contributed by atoms with Crippen molar-refractivity contribution in [1.29, 1.82) is 0 Å². The first kappa shape index (κ1) is 10.3. The van der Waals surface area contributed by atoms with Crippen LogP contribution in [0.4, 0.5) is 0 Å². The third-order valence-corrected chi connectivity index (χ3v) is 2.99. The van der Waals surface area contributed by atoms with Gasteiger partial charge in [-0.2, -0.15) is 0 Å². The van der Waals surface area contributed by atoms with Crippen LogP contribution in [-0.2, 0) is 11.2 Å². The summed E-state index contributed by atoms with van der Waals surface area (Å²) in [6.45, 7) is 0. The monoisotopic (exact) mass is 241 g/mol. The van der Waals surface area contributed by atoms with E-state index in [4.69, 9.17) is 10.8 Å². The van der Waals surface area contributed by atoms with Gasteiger partial charge >= 0.3 is 85.1 Å². The van der Waals surface area contributed by atoms with Gasteiger partial charge in [-0.3, -0.25) is 0 Å². The molecule has 1 aromatic carbocycles. The number of carboxylic acids is 1. The maximum atomic E-state index is 10.5. The van der Waals surface area contributed by atoms with Gasteiger partial charge in [0.2, 0.25) is 0 Å². The van der Waals surface area contributed by atoms with Crippen molar-refractivity contribution >= 4 is 27.2 Å². The molecule has 0 aliphatic carbocycles. The first-order chi connectivity index (χ1) is 6.11. The van der Waals surface area contributed by atoms with Crippen LogP contribution in [0.5, 0.6) is 0 Å². The normalized spacial score (nSPS) is 12.5. The van der Waals surface area contributed by atoms with E-state index in [-0.39, 0.29) is 0 Å². The number of hydrogen-bond acceptors (Lipinski definition) is 2. The Balaban J connectivity index is 2.74. The zero-order chi connectivity index (χ0) is 9.84. The minimum atomic E-state index is -0.948. The van der Waals surface area contributed by atoms with Crippen LogP contribution in [0, 0.1) is 0 Å². The van der Waals surface area contributed by atoms with E-state index < -0.39 is 12.0 Å². The summed E-state index contributed by atoms with van der Waals surface area (Å²) in [6.07, 6.45) is 0.407. The van der Waals surface area contributed by atoms with Gasteiger partial charge in [0.25, 0.3) is 0 Å². The molecule has 0 aliphatic heterocycles. The van der Waals surface area contributed by atoms with Gasteiger partial charge < -0.3 is 0 Å². The Morgan fingerprint density at radius 3 is 2.69 bits per heavy atom. The molecule has 0 bridgehead atoms. The van der Waals surface area contributed by atoms with Crippen LogP contribution >= 0.6 is 0 Å². The Bertz CT molecular complexity index is 314. The van der Waals surface area contributed by atoms with Crippen molar-refractivity contribution < 1.29 is 9.90 Å². The van der Waals surface area contributed by atoms with Crippen LogP contribution in [-0.4, -0.2) is 34.0 Å². The van der Waals surface area contributed by atoms with Gasteiger partial charge in [-0.1, -0.05) is 0 Å². The average molecular weight is 241 g/mol. The fourth-order valence-electron chi connectivity index (χ4n) is 1.04. The molecule has 1 rings (SSSR count). The Hall–Kier alpha value is -0.792. The molecule has 0 amide bonds. The number of rotatable bonds is 3. The van der Waals surface area contributed by atoms with E-state index in [0.717, 1.165) is 9.91 Å². The molecule has 0 heterocycles. The van der Waals surface area contributed by atoms with E-state index >= 15 is 0 Å². The van der Waals surface area contributed by atoms with E-state index in [1.54, 1.807) is 0 Å². The molecule has 0 aromatic heterocycles. The van der Waals surface area contributed by atoms with E-state index in [1.807, 2.05) is 24.3 Å². The predicted molar refractivity (Wildman–Crippen MR) is 53.9 cm³/mol. The molecule has 3 nitrogen and oxygen atoms in total. The van der Waals surface area contributed by atoms with Crippen molar-refractivity contribution in [2.45, 2.75) is 12.5 Å². The van der Waals surface area contributed by atoms with Crippen molar-refractivity contribution in [2.75, 3.05) is 0 Å². The number of hydrogen-bond donors (Lipinski definition) is 2. The predicted octanol–water partition coefficient (Wildman–Crippen LogP) is -1.10. The summed E-state index contributed by atoms with van der Waals surface area (Å²) in [4.78, 5) is 10.5. The summed E-state index contributed by atoms with van der Waals surface area (Å²) in [5, 5.41) is 8.61. The van der Waals surface area contributed by atoms with Crippen molar-refractivity contribution in [1.82, 2.24) is 0 Å². The molecule has 2 atom stereocenters. The second kappa shape index (κ2) is 4.45. The van der Waals surface area contributed by atoms with Gasteiger partial charge in [0.1, 0.15) is 0 Å². The SMILES string of the molecule is NC(Cc1ccccc1[AsH2])C(=O)O. The van der Waals surface area contributed by atoms with Crippen molar-refractivity contribution in [3.05, 3.63) is 29.8 Å². The fraction of sp³-hybridized carbons (Fsp3) is 0.222. The third kappa shape index (κ3) is 2.87. The maximum absolute atomic E-state index is 10.5.